The van der Waals surface area contributed by atoms with Crippen LogP contribution in [-0.2, 0) is 11.2 Å². The second kappa shape index (κ2) is 7.96. The van der Waals surface area contributed by atoms with E-state index in [1.807, 2.05) is 0 Å². The van der Waals surface area contributed by atoms with Gasteiger partial charge in [-0.25, -0.2) is 4.39 Å². The molecule has 1 fully saturated rings. The van der Waals surface area contributed by atoms with Crippen LogP contribution in [0.2, 0.25) is 5.02 Å². The average molecular weight is 300 g/mol. The first kappa shape index (κ1) is 15.7. The molecule has 1 N–H and O–H groups in total. The number of halogens is 2. The van der Waals surface area contributed by atoms with Crippen molar-refractivity contribution in [2.24, 2.45) is 5.92 Å². The Labute approximate surface area is 125 Å². The fourth-order valence-electron chi connectivity index (χ4n) is 2.86. The zero-order chi connectivity index (χ0) is 14.4. The summed E-state index contributed by atoms with van der Waals surface area (Å²) in [5.41, 5.74) is 1.02. The SMILES string of the molecule is CCNC(Cc1ccc(F)cc1Cl)CC1CCOCC1. The Balaban J connectivity index is 1.96. The van der Waals surface area contributed by atoms with E-state index in [1.54, 1.807) is 6.07 Å². The Kier molecular flexibility index (Phi) is 6.27. The summed E-state index contributed by atoms with van der Waals surface area (Å²) in [7, 11) is 0. The molecule has 0 bridgehead atoms. The quantitative estimate of drug-likeness (QED) is 0.862. The molecule has 1 unspecified atom stereocenters. The fraction of sp³-hybridized carbons (Fsp3) is 0.625. The second-order valence-corrected chi connectivity index (χ2v) is 5.89. The summed E-state index contributed by atoms with van der Waals surface area (Å²) in [6, 6.07) is 5.07. The first-order valence-corrected chi connectivity index (χ1v) is 7.82. The molecule has 2 nitrogen and oxygen atoms in total. The molecule has 1 saturated heterocycles. The van der Waals surface area contributed by atoms with E-state index in [0.717, 1.165) is 51.0 Å². The Morgan fingerprint density at radius 3 is 2.80 bits per heavy atom. The van der Waals surface area contributed by atoms with Gasteiger partial charge >= 0.3 is 0 Å². The monoisotopic (exact) mass is 299 g/mol. The van der Waals surface area contributed by atoms with E-state index in [-0.39, 0.29) is 5.82 Å². The lowest BCUT2D eigenvalue weighted by Gasteiger charge is -2.27. The van der Waals surface area contributed by atoms with Gasteiger partial charge in [0, 0.05) is 24.3 Å². The van der Waals surface area contributed by atoms with Crippen molar-refractivity contribution in [2.75, 3.05) is 19.8 Å². The highest BCUT2D eigenvalue weighted by molar-refractivity contribution is 6.31. The molecule has 1 heterocycles. The maximum absolute atomic E-state index is 13.1. The van der Waals surface area contributed by atoms with Crippen molar-refractivity contribution in [2.45, 2.75) is 38.6 Å². The number of nitrogens with one attached hydrogen (secondary N) is 1. The van der Waals surface area contributed by atoms with Crippen molar-refractivity contribution in [3.05, 3.63) is 34.6 Å². The van der Waals surface area contributed by atoms with Gasteiger partial charge in [-0.05, 0) is 55.8 Å². The normalized spacial score (nSPS) is 18.1. The first-order chi connectivity index (χ1) is 9.69. The third-order valence-corrected chi connectivity index (χ3v) is 4.28. The molecule has 0 amide bonds. The van der Waals surface area contributed by atoms with Crippen LogP contribution in [0.25, 0.3) is 0 Å². The smallest absolute Gasteiger partial charge is 0.124 e. The van der Waals surface area contributed by atoms with E-state index in [9.17, 15) is 4.39 Å². The van der Waals surface area contributed by atoms with E-state index < -0.39 is 0 Å². The Morgan fingerprint density at radius 1 is 1.40 bits per heavy atom. The Morgan fingerprint density at radius 2 is 2.15 bits per heavy atom. The molecular formula is C16H23ClFNO. The van der Waals surface area contributed by atoms with E-state index in [4.69, 9.17) is 16.3 Å². The van der Waals surface area contributed by atoms with Gasteiger partial charge in [-0.2, -0.15) is 0 Å². The lowest BCUT2D eigenvalue weighted by atomic mass is 9.90. The molecule has 1 aliphatic heterocycles. The van der Waals surface area contributed by atoms with Crippen LogP contribution in [0.3, 0.4) is 0 Å². The summed E-state index contributed by atoms with van der Waals surface area (Å²) in [5, 5.41) is 4.05. The zero-order valence-corrected chi connectivity index (χ0v) is 12.8. The number of likely N-dealkylation sites (N-methyl/N-ethyl adjacent to an activating group) is 1. The molecule has 0 spiro atoms. The molecular weight excluding hydrogens is 277 g/mol. The minimum atomic E-state index is -0.275. The van der Waals surface area contributed by atoms with Gasteiger partial charge in [-0.1, -0.05) is 24.6 Å². The lowest BCUT2D eigenvalue weighted by molar-refractivity contribution is 0.0606. The van der Waals surface area contributed by atoms with Gasteiger partial charge in [0.1, 0.15) is 5.82 Å². The topological polar surface area (TPSA) is 21.3 Å². The molecule has 0 aliphatic carbocycles. The van der Waals surface area contributed by atoms with Crippen molar-refractivity contribution < 1.29 is 9.13 Å². The molecule has 1 atom stereocenters. The van der Waals surface area contributed by atoms with Gasteiger partial charge in [0.15, 0.2) is 0 Å². The molecule has 0 saturated carbocycles. The van der Waals surface area contributed by atoms with Crippen LogP contribution in [0.1, 0.15) is 31.7 Å². The van der Waals surface area contributed by atoms with E-state index in [1.165, 1.54) is 12.1 Å². The lowest BCUT2D eigenvalue weighted by Crippen LogP contribution is -2.34. The van der Waals surface area contributed by atoms with Crippen LogP contribution in [0.15, 0.2) is 18.2 Å². The third-order valence-electron chi connectivity index (χ3n) is 3.93. The summed E-state index contributed by atoms with van der Waals surface area (Å²) in [5.74, 6) is 0.440. The number of hydrogen-bond acceptors (Lipinski definition) is 2. The Hall–Kier alpha value is -0.640. The summed E-state index contributed by atoms with van der Waals surface area (Å²) in [6.07, 6.45) is 4.26. The van der Waals surface area contributed by atoms with Gasteiger partial charge < -0.3 is 10.1 Å². The van der Waals surface area contributed by atoms with E-state index >= 15 is 0 Å². The minimum Gasteiger partial charge on any atom is -0.381 e. The minimum absolute atomic E-state index is 0.275. The average Bonchev–Trinajstić information content (AvgIpc) is 2.43. The predicted molar refractivity (Wildman–Crippen MR) is 80.7 cm³/mol. The van der Waals surface area contributed by atoms with Crippen LogP contribution < -0.4 is 5.32 Å². The summed E-state index contributed by atoms with van der Waals surface area (Å²) in [4.78, 5) is 0. The van der Waals surface area contributed by atoms with Crippen molar-refractivity contribution in [1.82, 2.24) is 5.32 Å². The first-order valence-electron chi connectivity index (χ1n) is 7.44. The molecule has 4 heteroatoms. The van der Waals surface area contributed by atoms with Crippen LogP contribution in [-0.4, -0.2) is 25.8 Å². The number of ether oxygens (including phenoxy) is 1. The van der Waals surface area contributed by atoms with Crippen molar-refractivity contribution in [3.63, 3.8) is 0 Å². The zero-order valence-electron chi connectivity index (χ0n) is 12.0. The van der Waals surface area contributed by atoms with Crippen LogP contribution in [0.4, 0.5) is 4.39 Å². The van der Waals surface area contributed by atoms with Crippen molar-refractivity contribution in [1.29, 1.82) is 0 Å². The highest BCUT2D eigenvalue weighted by Gasteiger charge is 2.19. The summed E-state index contributed by atoms with van der Waals surface area (Å²) < 4.78 is 18.5. The Bertz CT molecular complexity index is 421. The summed E-state index contributed by atoms with van der Waals surface area (Å²) >= 11 is 6.13. The molecule has 2 rings (SSSR count). The van der Waals surface area contributed by atoms with E-state index in [2.05, 4.69) is 12.2 Å². The standard InChI is InChI=1S/C16H23ClFNO/c1-2-19-15(9-12-5-7-20-8-6-12)10-13-3-4-14(18)11-16(13)17/h3-4,11-12,15,19H,2,5-10H2,1H3. The molecule has 112 valence electrons. The number of hydrogen-bond donors (Lipinski definition) is 1. The number of rotatable bonds is 6. The van der Waals surface area contributed by atoms with Crippen LogP contribution >= 0.6 is 11.6 Å². The number of benzene rings is 1. The van der Waals surface area contributed by atoms with E-state index in [0.29, 0.717) is 17.0 Å². The van der Waals surface area contributed by atoms with Gasteiger partial charge in [-0.3, -0.25) is 0 Å². The highest BCUT2D eigenvalue weighted by atomic mass is 35.5. The molecule has 1 aliphatic rings. The van der Waals surface area contributed by atoms with Gasteiger partial charge in [-0.15, -0.1) is 0 Å². The van der Waals surface area contributed by atoms with Crippen molar-refractivity contribution >= 4 is 11.6 Å². The molecule has 0 radical (unpaired) electrons. The molecule has 1 aromatic rings. The van der Waals surface area contributed by atoms with Crippen LogP contribution in [0.5, 0.6) is 0 Å². The molecule has 20 heavy (non-hydrogen) atoms. The fourth-order valence-corrected chi connectivity index (χ4v) is 3.11. The third kappa shape index (κ3) is 4.72. The molecule has 0 aromatic heterocycles. The molecule has 1 aromatic carbocycles. The van der Waals surface area contributed by atoms with Crippen LogP contribution in [0, 0.1) is 11.7 Å². The predicted octanol–water partition coefficient (Wildman–Crippen LogP) is 3.82. The summed E-state index contributed by atoms with van der Waals surface area (Å²) in [6.45, 7) is 4.80. The van der Waals surface area contributed by atoms with Gasteiger partial charge in [0.25, 0.3) is 0 Å². The highest BCUT2D eigenvalue weighted by Crippen LogP contribution is 2.24. The second-order valence-electron chi connectivity index (χ2n) is 5.49. The van der Waals surface area contributed by atoms with Crippen molar-refractivity contribution in [3.8, 4) is 0 Å². The maximum atomic E-state index is 13.1. The maximum Gasteiger partial charge on any atom is 0.124 e. The van der Waals surface area contributed by atoms with Gasteiger partial charge in [0.05, 0.1) is 0 Å². The largest absolute Gasteiger partial charge is 0.381 e. The van der Waals surface area contributed by atoms with Gasteiger partial charge in [0.2, 0.25) is 0 Å².